The molecule has 3 radical (unpaired) electrons. The molecule has 1 aliphatic rings. The number of likely N-dealkylation sites (tertiary alicyclic amines) is 1. The third kappa shape index (κ3) is 3.68. The number of nitrogens with zero attached hydrogens (tertiary/aromatic N) is 2. The fraction of sp³-hybridized carbons (Fsp3) is 0.846. The number of rotatable bonds is 5. The molecule has 0 aromatic rings. The Morgan fingerprint density at radius 3 is 2.32 bits per heavy atom. The Morgan fingerprint density at radius 1 is 1.32 bits per heavy atom. The van der Waals surface area contributed by atoms with Crippen LogP contribution in [-0.2, 0) is 14.3 Å². The maximum absolute atomic E-state index is 12.2. The van der Waals surface area contributed by atoms with Crippen molar-refractivity contribution in [3.63, 3.8) is 0 Å². The Morgan fingerprint density at radius 2 is 1.89 bits per heavy atom. The van der Waals surface area contributed by atoms with Crippen molar-refractivity contribution in [2.75, 3.05) is 26.7 Å². The van der Waals surface area contributed by atoms with Crippen molar-refractivity contribution in [2.24, 2.45) is 0 Å². The molecule has 1 saturated heterocycles. The quantitative estimate of drug-likeness (QED) is 0.447. The first-order valence-electron chi connectivity index (χ1n) is 6.86. The van der Waals surface area contributed by atoms with Gasteiger partial charge in [-0.05, 0) is 0 Å². The molecule has 0 spiro atoms. The van der Waals surface area contributed by atoms with Gasteiger partial charge in [0.25, 0.3) is 0 Å². The Balaban J connectivity index is 2.85. The zero-order chi connectivity index (χ0) is 14.5. The molecule has 0 aromatic heterocycles. The molecule has 1 fully saturated rings. The number of carbonyl (C=O) groups is 2. The summed E-state index contributed by atoms with van der Waals surface area (Å²) in [5.74, 6) is -0.193. The predicted molar refractivity (Wildman–Crippen MR) is 73.6 cm³/mol. The molecule has 0 aliphatic carbocycles. The first kappa shape index (κ1) is 16.9. The van der Waals surface area contributed by atoms with Gasteiger partial charge in [0, 0.05) is 0 Å². The van der Waals surface area contributed by atoms with Gasteiger partial charge >= 0.3 is 132 Å². The molecule has 0 bridgehead atoms. The van der Waals surface area contributed by atoms with Gasteiger partial charge in [0.2, 0.25) is 0 Å². The van der Waals surface area contributed by atoms with Crippen LogP contribution in [0.2, 0.25) is 0 Å². The summed E-state index contributed by atoms with van der Waals surface area (Å²) in [6.45, 7) is 6.77. The van der Waals surface area contributed by atoms with Crippen molar-refractivity contribution in [1.82, 2.24) is 7.61 Å². The standard InChI is InChI=1S/C13H24N2O3.Pb/c1-4-8-15-9-6-13(7-10-15,12(17)18-3)14-11(16)5-2;/h4-10H2,1-3H3,(H,14,16);/q;+1/p-1. The summed E-state index contributed by atoms with van der Waals surface area (Å²) in [5, 5.41) is 0. The van der Waals surface area contributed by atoms with E-state index < -0.39 is 5.54 Å². The van der Waals surface area contributed by atoms with Crippen molar-refractivity contribution in [3.05, 3.63) is 0 Å². The van der Waals surface area contributed by atoms with Gasteiger partial charge in [-0.2, -0.15) is 0 Å². The van der Waals surface area contributed by atoms with E-state index in [2.05, 4.69) is 11.8 Å². The summed E-state index contributed by atoms with van der Waals surface area (Å²) in [5.41, 5.74) is -0.710. The minimum absolute atomic E-state index is 0.0565. The minimum atomic E-state index is -0.710. The third-order valence-corrected chi connectivity index (χ3v) is 6.40. The van der Waals surface area contributed by atoms with E-state index in [1.54, 1.807) is 2.71 Å². The van der Waals surface area contributed by atoms with Crippen molar-refractivity contribution >= 4 is 37.9 Å². The van der Waals surface area contributed by atoms with Crippen LogP contribution < -0.4 is 0 Å². The summed E-state index contributed by atoms with van der Waals surface area (Å²) >= 11 is 0.560. The number of methoxy groups -OCH3 is 1. The summed E-state index contributed by atoms with van der Waals surface area (Å²) in [6, 6.07) is 0. The molecule has 107 valence electrons. The Bertz CT molecular complexity index is 328. The molecule has 5 nitrogen and oxygen atoms in total. The summed E-state index contributed by atoms with van der Waals surface area (Å²) in [4.78, 5) is 26.5. The van der Waals surface area contributed by atoms with Gasteiger partial charge in [0.05, 0.1) is 0 Å². The van der Waals surface area contributed by atoms with E-state index in [4.69, 9.17) is 4.74 Å². The van der Waals surface area contributed by atoms with E-state index in [0.717, 1.165) is 26.1 Å². The normalized spacial score (nSPS) is 18.9. The topological polar surface area (TPSA) is 49.9 Å². The Hall–Kier alpha value is -0.178. The van der Waals surface area contributed by atoms with Crippen LogP contribution >= 0.6 is 0 Å². The second kappa shape index (κ2) is 7.56. The second-order valence-corrected chi connectivity index (χ2v) is 6.69. The van der Waals surface area contributed by atoms with E-state index in [1.807, 2.05) is 6.92 Å². The van der Waals surface area contributed by atoms with Crippen LogP contribution in [0.4, 0.5) is 0 Å². The average molecular weight is 463 g/mol. The monoisotopic (exact) mass is 463 g/mol. The van der Waals surface area contributed by atoms with E-state index in [1.165, 1.54) is 7.11 Å². The summed E-state index contributed by atoms with van der Waals surface area (Å²) < 4.78 is 6.71. The first-order valence-corrected chi connectivity index (χ1v) is 8.60. The van der Waals surface area contributed by atoms with Crippen molar-refractivity contribution in [1.29, 1.82) is 0 Å². The first-order chi connectivity index (χ1) is 9.01. The van der Waals surface area contributed by atoms with Crippen LogP contribution in [0, 0.1) is 0 Å². The molecular weight excluding hydrogens is 439 g/mol. The summed E-state index contributed by atoms with van der Waals surface area (Å²) in [6.07, 6.45) is 2.94. The molecule has 0 unspecified atom stereocenters. The number of esters is 1. The molecule has 1 aliphatic heterocycles. The maximum atomic E-state index is 12.2. The van der Waals surface area contributed by atoms with Gasteiger partial charge in [-0.1, -0.05) is 0 Å². The van der Waals surface area contributed by atoms with E-state index in [-0.39, 0.29) is 11.9 Å². The van der Waals surface area contributed by atoms with Gasteiger partial charge < -0.3 is 0 Å². The van der Waals surface area contributed by atoms with Crippen LogP contribution in [0.15, 0.2) is 0 Å². The molecule has 1 amide bonds. The number of piperidine rings is 1. The SMILES string of the molecule is CCCN1CCC(C(=O)OC)([N]([Pb])C(=O)CC)CC1. The second-order valence-electron chi connectivity index (χ2n) is 4.95. The number of carbonyl (C=O) groups excluding carboxylic acids is 2. The molecule has 0 atom stereocenters. The van der Waals surface area contributed by atoms with E-state index >= 15 is 0 Å². The number of hydrogen-bond donors (Lipinski definition) is 0. The van der Waals surface area contributed by atoms with E-state index in [9.17, 15) is 9.59 Å². The predicted octanol–water partition coefficient (Wildman–Crippen LogP) is 0.726. The Kier molecular flexibility index (Phi) is 6.72. The molecule has 0 aromatic carbocycles. The van der Waals surface area contributed by atoms with Crippen molar-refractivity contribution in [2.45, 2.75) is 45.1 Å². The van der Waals surface area contributed by atoms with Crippen LogP contribution in [0.25, 0.3) is 0 Å². The molecular formula is C13H23N2O3Pb. The molecule has 0 saturated carbocycles. The molecule has 0 N–H and O–H groups in total. The van der Waals surface area contributed by atoms with Crippen LogP contribution in [-0.4, -0.2) is 77.8 Å². The van der Waals surface area contributed by atoms with Crippen molar-refractivity contribution < 1.29 is 14.3 Å². The van der Waals surface area contributed by atoms with Crippen LogP contribution in [0.5, 0.6) is 0 Å². The fourth-order valence-electron chi connectivity index (χ4n) is 2.57. The molecule has 1 heterocycles. The molecule has 6 heteroatoms. The Labute approximate surface area is 131 Å². The average Bonchev–Trinajstić information content (AvgIpc) is 2.46. The van der Waals surface area contributed by atoms with Gasteiger partial charge in [-0.15, -0.1) is 0 Å². The molecule has 19 heavy (non-hydrogen) atoms. The zero-order valence-electron chi connectivity index (χ0n) is 12.1. The van der Waals surface area contributed by atoms with Crippen molar-refractivity contribution in [3.8, 4) is 0 Å². The zero-order valence-corrected chi connectivity index (χ0v) is 16.0. The van der Waals surface area contributed by atoms with Gasteiger partial charge in [-0.25, -0.2) is 0 Å². The van der Waals surface area contributed by atoms with Gasteiger partial charge in [0.1, 0.15) is 0 Å². The number of amides is 1. The number of hydrogen-bond acceptors (Lipinski definition) is 4. The third-order valence-electron chi connectivity index (χ3n) is 3.77. The van der Waals surface area contributed by atoms with Crippen LogP contribution in [0.3, 0.4) is 0 Å². The fourth-order valence-corrected chi connectivity index (χ4v) is 4.41. The van der Waals surface area contributed by atoms with Crippen LogP contribution in [0.1, 0.15) is 39.5 Å². The molecule has 1 rings (SSSR count). The van der Waals surface area contributed by atoms with Gasteiger partial charge in [-0.3, -0.25) is 0 Å². The number of ether oxygens (including phenoxy) is 1. The van der Waals surface area contributed by atoms with Gasteiger partial charge in [0.15, 0.2) is 0 Å². The summed E-state index contributed by atoms with van der Waals surface area (Å²) in [7, 11) is 1.41. The van der Waals surface area contributed by atoms with E-state index in [0.29, 0.717) is 45.3 Å².